The Morgan fingerprint density at radius 1 is 1.09 bits per heavy atom. The quantitative estimate of drug-likeness (QED) is 0.837. The normalized spacial score (nSPS) is 13.2. The molecule has 0 aliphatic heterocycles. The number of aryl methyl sites for hydroxylation is 1. The van der Waals surface area contributed by atoms with Gasteiger partial charge in [0.25, 0.3) is 5.91 Å². The highest BCUT2D eigenvalue weighted by Gasteiger charge is 2.19. The van der Waals surface area contributed by atoms with Crippen LogP contribution in [0, 0.1) is 6.92 Å². The van der Waals surface area contributed by atoms with Gasteiger partial charge in [0.1, 0.15) is 5.75 Å². The van der Waals surface area contributed by atoms with E-state index in [9.17, 15) is 4.79 Å². The predicted molar refractivity (Wildman–Crippen MR) is 93.8 cm³/mol. The van der Waals surface area contributed by atoms with Gasteiger partial charge < -0.3 is 10.1 Å². The van der Waals surface area contributed by atoms with Crippen molar-refractivity contribution in [2.75, 3.05) is 6.54 Å². The highest BCUT2D eigenvalue weighted by atomic mass is 16.5. The molecule has 2 atom stereocenters. The van der Waals surface area contributed by atoms with Crippen LogP contribution in [-0.4, -0.2) is 18.6 Å². The largest absolute Gasteiger partial charge is 0.481 e. The third-order valence-corrected chi connectivity index (χ3v) is 3.91. The van der Waals surface area contributed by atoms with Gasteiger partial charge in [0.15, 0.2) is 6.10 Å². The van der Waals surface area contributed by atoms with Crippen molar-refractivity contribution in [3.63, 3.8) is 0 Å². The van der Waals surface area contributed by atoms with Crippen molar-refractivity contribution in [1.82, 2.24) is 5.32 Å². The van der Waals surface area contributed by atoms with E-state index in [1.54, 1.807) is 0 Å². The molecule has 2 aromatic carbocycles. The molecule has 0 bridgehead atoms. The number of carbonyl (C=O) groups is 1. The first kappa shape index (κ1) is 17.1. The molecule has 122 valence electrons. The summed E-state index contributed by atoms with van der Waals surface area (Å²) in [5.41, 5.74) is 2.40. The number of ether oxygens (including phenoxy) is 1. The highest BCUT2D eigenvalue weighted by molar-refractivity contribution is 5.81. The molecule has 23 heavy (non-hydrogen) atoms. The lowest BCUT2D eigenvalue weighted by Gasteiger charge is -2.19. The zero-order valence-electron chi connectivity index (χ0n) is 14.1. The van der Waals surface area contributed by atoms with Crippen molar-refractivity contribution in [2.24, 2.45) is 0 Å². The van der Waals surface area contributed by atoms with Crippen molar-refractivity contribution in [3.05, 3.63) is 65.7 Å². The second-order valence-electron chi connectivity index (χ2n) is 5.88. The summed E-state index contributed by atoms with van der Waals surface area (Å²) in [7, 11) is 0. The smallest absolute Gasteiger partial charge is 0.261 e. The van der Waals surface area contributed by atoms with Crippen LogP contribution in [0.25, 0.3) is 0 Å². The van der Waals surface area contributed by atoms with E-state index in [1.807, 2.05) is 56.3 Å². The summed E-state index contributed by atoms with van der Waals surface area (Å²) in [5, 5.41) is 3.00. The third kappa shape index (κ3) is 5.13. The number of benzene rings is 2. The second kappa shape index (κ2) is 8.37. The van der Waals surface area contributed by atoms with Crippen molar-refractivity contribution >= 4 is 5.91 Å². The summed E-state index contributed by atoms with van der Waals surface area (Å²) in [6, 6.07) is 18.0. The summed E-state index contributed by atoms with van der Waals surface area (Å²) in [6.07, 6.45) is 0.181. The van der Waals surface area contributed by atoms with Gasteiger partial charge in [0.05, 0.1) is 0 Å². The minimum absolute atomic E-state index is 0.0594. The molecule has 0 fully saturated rings. The Bertz CT molecular complexity index is 607. The molecule has 0 spiro atoms. The second-order valence-corrected chi connectivity index (χ2v) is 5.88. The Hall–Kier alpha value is -2.29. The van der Waals surface area contributed by atoms with E-state index in [1.165, 1.54) is 11.1 Å². The molecule has 0 saturated carbocycles. The molecule has 2 aromatic rings. The first-order chi connectivity index (χ1) is 11.1. The first-order valence-corrected chi connectivity index (χ1v) is 8.16. The van der Waals surface area contributed by atoms with Crippen LogP contribution in [0.1, 0.15) is 37.3 Å². The van der Waals surface area contributed by atoms with Crippen molar-refractivity contribution in [1.29, 1.82) is 0 Å². The Morgan fingerprint density at radius 3 is 2.35 bits per heavy atom. The average Bonchev–Trinajstić information content (AvgIpc) is 2.59. The number of nitrogens with one attached hydrogen (secondary N) is 1. The van der Waals surface area contributed by atoms with Crippen LogP contribution >= 0.6 is 0 Å². The van der Waals surface area contributed by atoms with E-state index in [2.05, 4.69) is 24.4 Å². The molecule has 0 aromatic heterocycles. The fourth-order valence-corrected chi connectivity index (χ4v) is 2.37. The molecule has 3 nitrogen and oxygen atoms in total. The lowest BCUT2D eigenvalue weighted by molar-refractivity contribution is -0.128. The average molecular weight is 311 g/mol. The van der Waals surface area contributed by atoms with E-state index in [0.717, 1.165) is 5.75 Å². The van der Waals surface area contributed by atoms with E-state index in [0.29, 0.717) is 13.0 Å². The van der Waals surface area contributed by atoms with Gasteiger partial charge in [-0.05, 0) is 37.0 Å². The van der Waals surface area contributed by atoms with Gasteiger partial charge in [0.2, 0.25) is 0 Å². The number of amides is 1. The van der Waals surface area contributed by atoms with Crippen molar-refractivity contribution < 1.29 is 9.53 Å². The maximum absolute atomic E-state index is 12.3. The Morgan fingerprint density at radius 2 is 1.74 bits per heavy atom. The predicted octanol–water partition coefficient (Wildman–Crippen LogP) is 4.07. The Balaban J connectivity index is 1.88. The molecule has 1 N–H and O–H groups in total. The Labute approximate surface area is 138 Å². The monoisotopic (exact) mass is 311 g/mol. The summed E-state index contributed by atoms with van der Waals surface area (Å²) < 4.78 is 5.81. The van der Waals surface area contributed by atoms with Gasteiger partial charge in [0, 0.05) is 6.54 Å². The van der Waals surface area contributed by atoms with Crippen LogP contribution in [0.3, 0.4) is 0 Å². The van der Waals surface area contributed by atoms with Crippen LogP contribution in [0.2, 0.25) is 0 Å². The fraction of sp³-hybridized carbons (Fsp3) is 0.350. The van der Waals surface area contributed by atoms with E-state index in [4.69, 9.17) is 4.74 Å². The summed E-state index contributed by atoms with van der Waals surface area (Å²) >= 11 is 0. The highest BCUT2D eigenvalue weighted by Crippen LogP contribution is 2.16. The fourth-order valence-electron chi connectivity index (χ4n) is 2.37. The minimum Gasteiger partial charge on any atom is -0.481 e. The number of carbonyl (C=O) groups excluding carboxylic acids is 1. The van der Waals surface area contributed by atoms with Crippen LogP contribution in [0.4, 0.5) is 0 Å². The molecule has 2 rings (SSSR count). The Kier molecular flexibility index (Phi) is 6.21. The van der Waals surface area contributed by atoms with Gasteiger partial charge in [-0.25, -0.2) is 0 Å². The standard InChI is InChI=1S/C20H25NO2/c1-4-19(23-18-12-10-15(2)11-13-18)20(22)21-14-16(3)17-8-6-5-7-9-17/h5-13,16,19H,4,14H2,1-3H3,(H,21,22)/t16-,19-/m0/s1. The van der Waals surface area contributed by atoms with Gasteiger partial charge in [-0.2, -0.15) is 0 Å². The maximum atomic E-state index is 12.3. The molecule has 1 amide bonds. The van der Waals surface area contributed by atoms with Crippen molar-refractivity contribution in [2.45, 2.75) is 39.2 Å². The lowest BCUT2D eigenvalue weighted by Crippen LogP contribution is -2.39. The maximum Gasteiger partial charge on any atom is 0.261 e. The molecule has 0 aliphatic rings. The molecular formula is C20H25NO2. The zero-order valence-corrected chi connectivity index (χ0v) is 14.1. The summed E-state index contributed by atoms with van der Waals surface area (Å²) in [4.78, 5) is 12.3. The SMILES string of the molecule is CC[C@H](Oc1ccc(C)cc1)C(=O)NC[C@H](C)c1ccccc1. The molecule has 3 heteroatoms. The van der Waals surface area contributed by atoms with Gasteiger partial charge in [-0.15, -0.1) is 0 Å². The summed E-state index contributed by atoms with van der Waals surface area (Å²) in [6.45, 7) is 6.70. The molecule has 0 saturated heterocycles. The topological polar surface area (TPSA) is 38.3 Å². The number of hydrogen-bond acceptors (Lipinski definition) is 2. The molecule has 0 unspecified atom stereocenters. The number of rotatable bonds is 7. The van der Waals surface area contributed by atoms with Crippen LogP contribution in [0.5, 0.6) is 5.75 Å². The van der Waals surface area contributed by atoms with E-state index < -0.39 is 6.10 Å². The zero-order chi connectivity index (χ0) is 16.7. The lowest BCUT2D eigenvalue weighted by atomic mass is 10.0. The van der Waals surface area contributed by atoms with E-state index >= 15 is 0 Å². The van der Waals surface area contributed by atoms with Crippen LogP contribution in [0.15, 0.2) is 54.6 Å². The van der Waals surface area contributed by atoms with Crippen molar-refractivity contribution in [3.8, 4) is 5.75 Å². The van der Waals surface area contributed by atoms with Gasteiger partial charge in [-0.1, -0.05) is 61.9 Å². The molecule has 0 heterocycles. The van der Waals surface area contributed by atoms with E-state index in [-0.39, 0.29) is 11.8 Å². The molecule has 0 radical (unpaired) electrons. The van der Waals surface area contributed by atoms with Gasteiger partial charge in [-0.3, -0.25) is 4.79 Å². The summed E-state index contributed by atoms with van der Waals surface area (Å²) in [5.74, 6) is 0.946. The molecular weight excluding hydrogens is 286 g/mol. The number of hydrogen-bond donors (Lipinski definition) is 1. The minimum atomic E-state index is -0.458. The first-order valence-electron chi connectivity index (χ1n) is 8.16. The third-order valence-electron chi connectivity index (χ3n) is 3.91. The van der Waals surface area contributed by atoms with Crippen LogP contribution in [-0.2, 0) is 4.79 Å². The van der Waals surface area contributed by atoms with Gasteiger partial charge >= 0.3 is 0 Å². The van der Waals surface area contributed by atoms with Crippen LogP contribution < -0.4 is 10.1 Å². The molecule has 0 aliphatic carbocycles.